The van der Waals surface area contributed by atoms with Crippen LogP contribution in [0.25, 0.3) is 0 Å². The number of morpholine rings is 1. The Labute approximate surface area is 116 Å². The van der Waals surface area contributed by atoms with Crippen molar-refractivity contribution < 1.29 is 9.53 Å². The van der Waals surface area contributed by atoms with Gasteiger partial charge in [0.15, 0.2) is 0 Å². The molecule has 0 aromatic carbocycles. The van der Waals surface area contributed by atoms with Crippen molar-refractivity contribution in [1.82, 2.24) is 4.90 Å². The van der Waals surface area contributed by atoms with Crippen LogP contribution in [0.1, 0.15) is 46.0 Å². The fourth-order valence-electron chi connectivity index (χ4n) is 3.48. The molecule has 1 saturated heterocycles. The second kappa shape index (κ2) is 6.71. The van der Waals surface area contributed by atoms with Crippen molar-refractivity contribution in [2.45, 2.75) is 58.1 Å². The normalized spacial score (nSPS) is 36.3. The molecule has 4 unspecified atom stereocenters. The number of amides is 1. The van der Waals surface area contributed by atoms with Crippen LogP contribution < -0.4 is 5.73 Å². The molecule has 1 amide bonds. The van der Waals surface area contributed by atoms with Gasteiger partial charge >= 0.3 is 0 Å². The average molecular weight is 268 g/mol. The summed E-state index contributed by atoms with van der Waals surface area (Å²) in [4.78, 5) is 14.9. The number of hydrogen-bond donors (Lipinski definition) is 1. The van der Waals surface area contributed by atoms with Crippen molar-refractivity contribution in [2.24, 2.45) is 17.6 Å². The zero-order valence-corrected chi connectivity index (χ0v) is 12.3. The van der Waals surface area contributed by atoms with E-state index >= 15 is 0 Å². The quantitative estimate of drug-likeness (QED) is 0.849. The highest BCUT2D eigenvalue weighted by Gasteiger charge is 2.37. The minimum absolute atomic E-state index is 0.151. The molecule has 1 aliphatic carbocycles. The lowest BCUT2D eigenvalue weighted by Crippen LogP contribution is -2.54. The Kier molecular flexibility index (Phi) is 5.22. The van der Waals surface area contributed by atoms with E-state index < -0.39 is 0 Å². The molecule has 4 atom stereocenters. The second-order valence-corrected chi connectivity index (χ2v) is 6.08. The molecule has 19 heavy (non-hydrogen) atoms. The van der Waals surface area contributed by atoms with E-state index in [0.717, 1.165) is 25.8 Å². The zero-order chi connectivity index (χ0) is 13.8. The number of nitrogens with two attached hydrogens (primary N) is 1. The zero-order valence-electron chi connectivity index (χ0n) is 12.3. The topological polar surface area (TPSA) is 55.6 Å². The molecule has 2 fully saturated rings. The molecule has 110 valence electrons. The Hall–Kier alpha value is -0.610. The first-order valence-corrected chi connectivity index (χ1v) is 7.79. The summed E-state index contributed by atoms with van der Waals surface area (Å²) in [5.41, 5.74) is 5.86. The first kappa shape index (κ1) is 14.8. The number of hydrogen-bond acceptors (Lipinski definition) is 3. The van der Waals surface area contributed by atoms with Gasteiger partial charge in [0, 0.05) is 12.5 Å². The van der Waals surface area contributed by atoms with Crippen LogP contribution in [0.4, 0.5) is 0 Å². The average Bonchev–Trinajstić information content (AvgIpc) is 2.46. The van der Waals surface area contributed by atoms with Crippen LogP contribution in [0.2, 0.25) is 0 Å². The molecular weight excluding hydrogens is 240 g/mol. The molecule has 0 aromatic rings. The lowest BCUT2D eigenvalue weighted by atomic mass is 9.78. The minimum atomic E-state index is 0.151. The standard InChI is InChI=1S/C15H28N2O2/c1-3-13-10-19-11(2)9-17(13)15(18)14-7-5-4-6-12(14)8-16/h11-14H,3-10,16H2,1-2H3. The van der Waals surface area contributed by atoms with Gasteiger partial charge in [-0.15, -0.1) is 0 Å². The highest BCUT2D eigenvalue weighted by molar-refractivity contribution is 5.79. The third kappa shape index (κ3) is 3.29. The summed E-state index contributed by atoms with van der Waals surface area (Å²) in [5.74, 6) is 0.868. The van der Waals surface area contributed by atoms with E-state index in [2.05, 4.69) is 11.8 Å². The van der Waals surface area contributed by atoms with Crippen molar-refractivity contribution in [2.75, 3.05) is 19.7 Å². The van der Waals surface area contributed by atoms with E-state index in [1.165, 1.54) is 12.8 Å². The van der Waals surface area contributed by atoms with Gasteiger partial charge in [0.25, 0.3) is 0 Å². The number of rotatable bonds is 3. The smallest absolute Gasteiger partial charge is 0.226 e. The number of carbonyl (C=O) groups excluding carboxylic acids is 1. The van der Waals surface area contributed by atoms with Crippen molar-refractivity contribution >= 4 is 5.91 Å². The van der Waals surface area contributed by atoms with Crippen molar-refractivity contribution in [3.8, 4) is 0 Å². The summed E-state index contributed by atoms with van der Waals surface area (Å²) in [5, 5.41) is 0. The molecule has 0 spiro atoms. The van der Waals surface area contributed by atoms with Crippen LogP contribution in [0.5, 0.6) is 0 Å². The number of carbonyl (C=O) groups is 1. The monoisotopic (exact) mass is 268 g/mol. The summed E-state index contributed by atoms with van der Waals surface area (Å²) in [6, 6.07) is 0.254. The summed E-state index contributed by atoms with van der Waals surface area (Å²) >= 11 is 0. The van der Waals surface area contributed by atoms with Crippen molar-refractivity contribution in [3.63, 3.8) is 0 Å². The van der Waals surface area contributed by atoms with Crippen LogP contribution >= 0.6 is 0 Å². The molecule has 1 heterocycles. The number of nitrogens with zero attached hydrogens (tertiary/aromatic N) is 1. The van der Waals surface area contributed by atoms with Gasteiger partial charge in [0.05, 0.1) is 18.8 Å². The lowest BCUT2D eigenvalue weighted by molar-refractivity contribution is -0.151. The van der Waals surface area contributed by atoms with Gasteiger partial charge in [-0.1, -0.05) is 19.8 Å². The van der Waals surface area contributed by atoms with Crippen LogP contribution in [0.15, 0.2) is 0 Å². The van der Waals surface area contributed by atoms with Gasteiger partial charge in [-0.2, -0.15) is 0 Å². The molecule has 4 heteroatoms. The first-order valence-electron chi connectivity index (χ1n) is 7.79. The second-order valence-electron chi connectivity index (χ2n) is 6.08. The number of ether oxygens (including phenoxy) is 1. The maximum atomic E-state index is 12.9. The van der Waals surface area contributed by atoms with Gasteiger partial charge in [0.1, 0.15) is 0 Å². The predicted octanol–water partition coefficient (Wildman–Crippen LogP) is 1.78. The van der Waals surface area contributed by atoms with Gasteiger partial charge in [0.2, 0.25) is 5.91 Å². The van der Waals surface area contributed by atoms with Crippen LogP contribution in [0.3, 0.4) is 0 Å². The maximum absolute atomic E-state index is 12.9. The minimum Gasteiger partial charge on any atom is -0.375 e. The molecule has 0 aromatic heterocycles. The molecule has 2 aliphatic rings. The van der Waals surface area contributed by atoms with Gasteiger partial charge in [-0.3, -0.25) is 4.79 Å². The van der Waals surface area contributed by atoms with E-state index in [4.69, 9.17) is 10.5 Å². The molecule has 2 rings (SSSR count). The summed E-state index contributed by atoms with van der Waals surface area (Å²) in [6.07, 6.45) is 5.66. The van der Waals surface area contributed by atoms with Crippen molar-refractivity contribution in [1.29, 1.82) is 0 Å². The maximum Gasteiger partial charge on any atom is 0.226 e. The fourth-order valence-corrected chi connectivity index (χ4v) is 3.48. The molecule has 1 saturated carbocycles. The molecular formula is C15H28N2O2. The molecule has 0 bridgehead atoms. The van der Waals surface area contributed by atoms with E-state index in [0.29, 0.717) is 25.0 Å². The van der Waals surface area contributed by atoms with E-state index in [1.807, 2.05) is 6.92 Å². The third-order valence-electron chi connectivity index (χ3n) is 4.75. The SMILES string of the molecule is CCC1COC(C)CN1C(=O)C1CCCCC1CN. The highest BCUT2D eigenvalue weighted by Crippen LogP contribution is 2.32. The van der Waals surface area contributed by atoms with Gasteiger partial charge < -0.3 is 15.4 Å². The summed E-state index contributed by atoms with van der Waals surface area (Å²) < 4.78 is 5.68. The van der Waals surface area contributed by atoms with Gasteiger partial charge in [-0.05, 0) is 38.6 Å². The van der Waals surface area contributed by atoms with Crippen LogP contribution in [-0.4, -0.2) is 42.6 Å². The van der Waals surface area contributed by atoms with E-state index in [1.54, 1.807) is 0 Å². The molecule has 2 N–H and O–H groups in total. The summed E-state index contributed by atoms with van der Waals surface area (Å²) in [6.45, 7) is 6.25. The van der Waals surface area contributed by atoms with E-state index in [9.17, 15) is 4.79 Å². The van der Waals surface area contributed by atoms with Gasteiger partial charge in [-0.25, -0.2) is 0 Å². The molecule has 0 radical (unpaired) electrons. The highest BCUT2D eigenvalue weighted by atomic mass is 16.5. The van der Waals surface area contributed by atoms with Crippen LogP contribution in [-0.2, 0) is 9.53 Å². The fraction of sp³-hybridized carbons (Fsp3) is 0.933. The largest absolute Gasteiger partial charge is 0.375 e. The third-order valence-corrected chi connectivity index (χ3v) is 4.75. The predicted molar refractivity (Wildman–Crippen MR) is 75.7 cm³/mol. The Morgan fingerprint density at radius 3 is 2.79 bits per heavy atom. The summed E-state index contributed by atoms with van der Waals surface area (Å²) in [7, 11) is 0. The van der Waals surface area contributed by atoms with E-state index in [-0.39, 0.29) is 18.1 Å². The Bertz CT molecular complexity index is 309. The Balaban J connectivity index is 2.06. The lowest BCUT2D eigenvalue weighted by Gasteiger charge is -2.42. The van der Waals surface area contributed by atoms with Crippen molar-refractivity contribution in [3.05, 3.63) is 0 Å². The Morgan fingerprint density at radius 2 is 2.11 bits per heavy atom. The first-order chi connectivity index (χ1) is 9.17. The molecule has 1 aliphatic heterocycles. The molecule has 4 nitrogen and oxygen atoms in total. The van der Waals surface area contributed by atoms with Crippen LogP contribution in [0, 0.1) is 11.8 Å². The Morgan fingerprint density at radius 1 is 1.37 bits per heavy atom.